The minimum absolute atomic E-state index is 0.455. The van der Waals surface area contributed by atoms with Gasteiger partial charge in [-0.15, -0.1) is 0 Å². The van der Waals surface area contributed by atoms with E-state index in [2.05, 4.69) is 10.1 Å². The van der Waals surface area contributed by atoms with Gasteiger partial charge in [0.2, 0.25) is 0 Å². The summed E-state index contributed by atoms with van der Waals surface area (Å²) in [4.78, 5) is 4.13. The van der Waals surface area contributed by atoms with Crippen LogP contribution in [-0.4, -0.2) is 19.9 Å². The number of rotatable bonds is 4. The molecule has 2 rings (SSSR count). The van der Waals surface area contributed by atoms with Gasteiger partial charge in [-0.05, 0) is 38.5 Å². The summed E-state index contributed by atoms with van der Waals surface area (Å²) in [6.45, 7) is 6.53. The van der Waals surface area contributed by atoms with Gasteiger partial charge >= 0.3 is 0 Å². The number of aliphatic hydroxyl groups is 1. The zero-order valence-electron chi connectivity index (χ0n) is 11.4. The molecule has 1 unspecified atom stereocenters. The molecule has 19 heavy (non-hydrogen) atoms. The normalized spacial score (nSPS) is 12.7. The van der Waals surface area contributed by atoms with Crippen molar-refractivity contribution in [3.8, 4) is 0 Å². The minimum Gasteiger partial charge on any atom is -0.388 e. The van der Waals surface area contributed by atoms with E-state index in [-0.39, 0.29) is 0 Å². The number of nitrogens with zero attached hydrogens (tertiary/aromatic N) is 3. The molecule has 2 heterocycles. The predicted molar refractivity (Wildman–Crippen MR) is 75.3 cm³/mol. The van der Waals surface area contributed by atoms with Crippen molar-refractivity contribution in [2.24, 2.45) is 0 Å². The molecule has 0 radical (unpaired) electrons. The average Bonchev–Trinajstić information content (AvgIpc) is 2.66. The van der Waals surface area contributed by atoms with Crippen molar-refractivity contribution in [3.05, 3.63) is 46.0 Å². The van der Waals surface area contributed by atoms with Crippen molar-refractivity contribution in [1.82, 2.24) is 14.8 Å². The SMILES string of the molecule is CCn1nc(C)c(Cl)c1CC(O)c1ccnc(C)c1. The Bertz CT molecular complexity index is 580. The van der Waals surface area contributed by atoms with Crippen LogP contribution in [0, 0.1) is 13.8 Å². The van der Waals surface area contributed by atoms with Gasteiger partial charge in [-0.25, -0.2) is 0 Å². The molecule has 2 aromatic rings. The smallest absolute Gasteiger partial charge is 0.0848 e. The molecule has 0 aliphatic heterocycles. The second-order valence-corrected chi connectivity index (χ2v) is 4.99. The van der Waals surface area contributed by atoms with Gasteiger partial charge in [0.15, 0.2) is 0 Å². The molecule has 0 saturated heterocycles. The molecular weight excluding hydrogens is 262 g/mol. The van der Waals surface area contributed by atoms with E-state index in [9.17, 15) is 5.11 Å². The zero-order chi connectivity index (χ0) is 14.0. The average molecular weight is 280 g/mol. The fraction of sp³-hybridized carbons (Fsp3) is 0.429. The lowest BCUT2D eigenvalue weighted by Crippen LogP contribution is -2.09. The number of halogens is 1. The Morgan fingerprint density at radius 3 is 2.79 bits per heavy atom. The van der Waals surface area contributed by atoms with Crippen LogP contribution in [0.3, 0.4) is 0 Å². The number of aryl methyl sites for hydroxylation is 3. The van der Waals surface area contributed by atoms with Gasteiger partial charge in [0, 0.05) is 24.9 Å². The third-order valence-electron chi connectivity index (χ3n) is 3.15. The fourth-order valence-corrected chi connectivity index (χ4v) is 2.35. The van der Waals surface area contributed by atoms with Gasteiger partial charge in [0.25, 0.3) is 0 Å². The lowest BCUT2D eigenvalue weighted by Gasteiger charge is -2.13. The van der Waals surface area contributed by atoms with E-state index >= 15 is 0 Å². The van der Waals surface area contributed by atoms with Crippen LogP contribution in [0.1, 0.15) is 35.7 Å². The summed E-state index contributed by atoms with van der Waals surface area (Å²) in [5.74, 6) is 0. The van der Waals surface area contributed by atoms with Crippen LogP contribution in [0.2, 0.25) is 5.02 Å². The van der Waals surface area contributed by atoms with Crippen LogP contribution < -0.4 is 0 Å². The van der Waals surface area contributed by atoms with Crippen LogP contribution in [0.5, 0.6) is 0 Å². The maximum atomic E-state index is 10.3. The molecule has 4 nitrogen and oxygen atoms in total. The predicted octanol–water partition coefficient (Wildman–Crippen LogP) is 2.84. The van der Waals surface area contributed by atoms with Crippen molar-refractivity contribution in [1.29, 1.82) is 0 Å². The summed E-state index contributed by atoms with van der Waals surface area (Å²) >= 11 is 6.25. The molecule has 2 aromatic heterocycles. The minimum atomic E-state index is -0.597. The Kier molecular flexibility index (Phi) is 4.22. The van der Waals surface area contributed by atoms with E-state index in [0.29, 0.717) is 11.4 Å². The van der Waals surface area contributed by atoms with Crippen molar-refractivity contribution >= 4 is 11.6 Å². The van der Waals surface area contributed by atoms with Crippen molar-refractivity contribution in [2.75, 3.05) is 0 Å². The Morgan fingerprint density at radius 1 is 1.42 bits per heavy atom. The Morgan fingerprint density at radius 2 is 2.16 bits per heavy atom. The lowest BCUT2D eigenvalue weighted by molar-refractivity contribution is 0.175. The largest absolute Gasteiger partial charge is 0.388 e. The summed E-state index contributed by atoms with van der Waals surface area (Å²) in [5.41, 5.74) is 3.42. The topological polar surface area (TPSA) is 50.9 Å². The van der Waals surface area contributed by atoms with Crippen LogP contribution in [0.15, 0.2) is 18.3 Å². The number of aliphatic hydroxyl groups excluding tert-OH is 1. The highest BCUT2D eigenvalue weighted by Gasteiger charge is 2.17. The Labute approximate surface area is 118 Å². The third-order valence-corrected chi connectivity index (χ3v) is 3.64. The molecule has 0 aliphatic carbocycles. The maximum Gasteiger partial charge on any atom is 0.0848 e. The second-order valence-electron chi connectivity index (χ2n) is 4.61. The molecule has 0 bridgehead atoms. The first kappa shape index (κ1) is 14.0. The molecule has 0 aromatic carbocycles. The van der Waals surface area contributed by atoms with Gasteiger partial charge in [0.05, 0.1) is 22.5 Å². The molecule has 5 heteroatoms. The number of hydrogen-bond donors (Lipinski definition) is 1. The maximum absolute atomic E-state index is 10.3. The second kappa shape index (κ2) is 5.72. The molecule has 0 amide bonds. The van der Waals surface area contributed by atoms with E-state index < -0.39 is 6.10 Å². The standard InChI is InChI=1S/C14H18ClN3O/c1-4-18-12(14(15)10(3)17-18)8-13(19)11-5-6-16-9(2)7-11/h5-7,13,19H,4,8H2,1-3H3. The van der Waals surface area contributed by atoms with Crippen LogP contribution >= 0.6 is 11.6 Å². The summed E-state index contributed by atoms with van der Waals surface area (Å²) in [6.07, 6.45) is 1.56. The Balaban J connectivity index is 2.26. The molecule has 0 fully saturated rings. The molecule has 1 N–H and O–H groups in total. The highest BCUT2D eigenvalue weighted by Crippen LogP contribution is 2.26. The van der Waals surface area contributed by atoms with Gasteiger partial charge < -0.3 is 5.11 Å². The van der Waals surface area contributed by atoms with Gasteiger partial charge in [-0.3, -0.25) is 9.67 Å². The fourth-order valence-electron chi connectivity index (χ4n) is 2.14. The van der Waals surface area contributed by atoms with Crippen molar-refractivity contribution in [3.63, 3.8) is 0 Å². The molecule has 0 saturated carbocycles. The van der Waals surface area contributed by atoms with Crippen molar-refractivity contribution in [2.45, 2.75) is 39.8 Å². The first-order valence-corrected chi connectivity index (χ1v) is 6.73. The van der Waals surface area contributed by atoms with E-state index in [0.717, 1.165) is 29.2 Å². The van der Waals surface area contributed by atoms with Crippen molar-refractivity contribution < 1.29 is 5.11 Å². The van der Waals surface area contributed by atoms with Crippen LogP contribution in [-0.2, 0) is 13.0 Å². The summed E-state index contributed by atoms with van der Waals surface area (Å²) in [5, 5.41) is 15.3. The number of hydrogen-bond acceptors (Lipinski definition) is 3. The molecule has 102 valence electrons. The Hall–Kier alpha value is -1.39. The van der Waals surface area contributed by atoms with E-state index in [1.165, 1.54) is 0 Å². The van der Waals surface area contributed by atoms with Crippen LogP contribution in [0.25, 0.3) is 0 Å². The third kappa shape index (κ3) is 2.96. The highest BCUT2D eigenvalue weighted by molar-refractivity contribution is 6.31. The summed E-state index contributed by atoms with van der Waals surface area (Å²) < 4.78 is 1.84. The van der Waals surface area contributed by atoms with Gasteiger partial charge in [0.1, 0.15) is 0 Å². The lowest BCUT2D eigenvalue weighted by atomic mass is 10.1. The number of pyridine rings is 1. The first-order valence-electron chi connectivity index (χ1n) is 6.35. The highest BCUT2D eigenvalue weighted by atomic mass is 35.5. The van der Waals surface area contributed by atoms with Crippen LogP contribution in [0.4, 0.5) is 0 Å². The molecule has 0 aliphatic rings. The van der Waals surface area contributed by atoms with E-state index in [4.69, 9.17) is 11.6 Å². The monoisotopic (exact) mass is 279 g/mol. The van der Waals surface area contributed by atoms with E-state index in [1.807, 2.05) is 37.6 Å². The molecular formula is C14H18ClN3O. The molecule has 1 atom stereocenters. The number of aromatic nitrogens is 3. The first-order chi connectivity index (χ1) is 9.02. The quantitative estimate of drug-likeness (QED) is 0.936. The summed E-state index contributed by atoms with van der Waals surface area (Å²) in [6, 6.07) is 3.71. The van der Waals surface area contributed by atoms with E-state index in [1.54, 1.807) is 6.20 Å². The van der Waals surface area contributed by atoms with Gasteiger partial charge in [-0.2, -0.15) is 5.10 Å². The summed E-state index contributed by atoms with van der Waals surface area (Å²) in [7, 11) is 0. The molecule has 0 spiro atoms. The van der Waals surface area contributed by atoms with Gasteiger partial charge in [-0.1, -0.05) is 11.6 Å². The zero-order valence-corrected chi connectivity index (χ0v) is 12.1.